The Kier molecular flexibility index (Phi) is 1.68. The van der Waals surface area contributed by atoms with E-state index in [-0.39, 0.29) is 11.3 Å². The summed E-state index contributed by atoms with van der Waals surface area (Å²) in [5, 5.41) is 0.0223. The fourth-order valence-corrected chi connectivity index (χ4v) is 3.07. The van der Waals surface area contributed by atoms with Gasteiger partial charge in [0.25, 0.3) is 0 Å². The SMILES string of the molecule is COC(=O)N1[C@@H]2C=C[C@@H](C2)S1=O. The predicted octanol–water partition coefficient (Wildman–Crippen LogP) is 0.429. The third kappa shape index (κ3) is 0.891. The number of carbonyl (C=O) groups excluding carboxylic acids is 1. The van der Waals surface area contributed by atoms with E-state index in [1.54, 1.807) is 0 Å². The molecule has 1 saturated heterocycles. The standard InChI is InChI=1S/C7H9NO3S/c1-11-7(9)8-5-2-3-6(4-5)12(8)10/h2-3,5-6H,4H2,1H3/t5-,6+,12?/m1/s1. The molecule has 0 radical (unpaired) electrons. The molecule has 2 bridgehead atoms. The molecule has 1 heterocycles. The van der Waals surface area contributed by atoms with Crippen molar-refractivity contribution in [1.82, 2.24) is 4.31 Å². The highest BCUT2D eigenvalue weighted by atomic mass is 32.2. The molecule has 1 aliphatic carbocycles. The fourth-order valence-electron chi connectivity index (χ4n) is 1.55. The first kappa shape index (κ1) is 7.79. The molecule has 2 rings (SSSR count). The van der Waals surface area contributed by atoms with Gasteiger partial charge in [-0.3, -0.25) is 0 Å². The van der Waals surface area contributed by atoms with E-state index in [1.807, 2.05) is 12.2 Å². The lowest BCUT2D eigenvalue weighted by Crippen LogP contribution is -2.36. The largest absolute Gasteiger partial charge is 0.452 e. The Hall–Kier alpha value is -0.840. The highest BCUT2D eigenvalue weighted by Crippen LogP contribution is 2.32. The highest BCUT2D eigenvalue weighted by molar-refractivity contribution is 7.84. The molecule has 1 fully saturated rings. The third-order valence-corrected chi connectivity index (χ3v) is 3.81. The van der Waals surface area contributed by atoms with E-state index in [9.17, 15) is 9.00 Å². The lowest BCUT2D eigenvalue weighted by molar-refractivity contribution is 0.147. The van der Waals surface area contributed by atoms with Crippen molar-refractivity contribution in [3.8, 4) is 0 Å². The molecule has 4 nitrogen and oxygen atoms in total. The van der Waals surface area contributed by atoms with Crippen LogP contribution in [0.1, 0.15) is 6.42 Å². The predicted molar refractivity (Wildman–Crippen MR) is 43.7 cm³/mol. The smallest absolute Gasteiger partial charge is 0.422 e. The summed E-state index contributed by atoms with van der Waals surface area (Å²) < 4.78 is 17.3. The number of ether oxygens (including phenoxy) is 1. The Morgan fingerprint density at radius 1 is 1.67 bits per heavy atom. The fraction of sp³-hybridized carbons (Fsp3) is 0.571. The van der Waals surface area contributed by atoms with Crippen LogP contribution >= 0.6 is 0 Å². The number of methoxy groups -OCH3 is 1. The first-order valence-corrected chi connectivity index (χ1v) is 4.87. The van der Waals surface area contributed by atoms with Crippen molar-refractivity contribution in [2.45, 2.75) is 17.7 Å². The second-order valence-electron chi connectivity index (χ2n) is 2.80. The van der Waals surface area contributed by atoms with Crippen molar-refractivity contribution in [3.63, 3.8) is 0 Å². The van der Waals surface area contributed by atoms with Crippen LogP contribution in [0.5, 0.6) is 0 Å². The Morgan fingerprint density at radius 3 is 2.92 bits per heavy atom. The molecule has 12 heavy (non-hydrogen) atoms. The Morgan fingerprint density at radius 2 is 2.42 bits per heavy atom. The number of hydrogen-bond acceptors (Lipinski definition) is 3. The van der Waals surface area contributed by atoms with Crippen molar-refractivity contribution >= 4 is 17.1 Å². The summed E-state index contributed by atoms with van der Waals surface area (Å²) in [5.41, 5.74) is 0. The summed E-state index contributed by atoms with van der Waals surface area (Å²) >= 11 is 0. The van der Waals surface area contributed by atoms with Gasteiger partial charge in [0.15, 0.2) is 0 Å². The molecule has 0 aromatic carbocycles. The molecule has 0 aromatic heterocycles. The number of rotatable bonds is 0. The molecular weight excluding hydrogens is 178 g/mol. The monoisotopic (exact) mass is 187 g/mol. The summed E-state index contributed by atoms with van der Waals surface area (Å²) in [6.07, 6.45) is 4.09. The van der Waals surface area contributed by atoms with Crippen LogP contribution in [-0.2, 0) is 15.7 Å². The van der Waals surface area contributed by atoms with Gasteiger partial charge < -0.3 is 4.74 Å². The summed E-state index contributed by atoms with van der Waals surface area (Å²) in [5.74, 6) is 0. The van der Waals surface area contributed by atoms with Crippen molar-refractivity contribution in [3.05, 3.63) is 12.2 Å². The number of amides is 1. The van der Waals surface area contributed by atoms with E-state index in [2.05, 4.69) is 4.74 Å². The van der Waals surface area contributed by atoms with Crippen LogP contribution in [-0.4, -0.2) is 33.0 Å². The summed E-state index contributed by atoms with van der Waals surface area (Å²) in [7, 11) is 0.0942. The molecule has 0 N–H and O–H groups in total. The van der Waals surface area contributed by atoms with Crippen molar-refractivity contribution in [2.75, 3.05) is 7.11 Å². The molecule has 3 atom stereocenters. The zero-order chi connectivity index (χ0) is 8.72. The van der Waals surface area contributed by atoms with Gasteiger partial charge in [-0.15, -0.1) is 0 Å². The van der Waals surface area contributed by atoms with Crippen LogP contribution in [0.3, 0.4) is 0 Å². The topological polar surface area (TPSA) is 46.6 Å². The van der Waals surface area contributed by atoms with Gasteiger partial charge in [-0.2, -0.15) is 0 Å². The van der Waals surface area contributed by atoms with Gasteiger partial charge in [-0.25, -0.2) is 13.3 Å². The first-order chi connectivity index (χ1) is 5.74. The lowest BCUT2D eigenvalue weighted by atomic mass is 10.3. The third-order valence-electron chi connectivity index (χ3n) is 2.13. The van der Waals surface area contributed by atoms with Crippen LogP contribution in [0.15, 0.2) is 12.2 Å². The van der Waals surface area contributed by atoms with Gasteiger partial charge >= 0.3 is 6.09 Å². The van der Waals surface area contributed by atoms with Gasteiger partial charge in [0, 0.05) is 0 Å². The minimum absolute atomic E-state index is 0.0108. The number of carbonyl (C=O) groups is 1. The van der Waals surface area contributed by atoms with Gasteiger partial charge in [-0.1, -0.05) is 12.2 Å². The normalized spacial score (nSPS) is 37.4. The van der Waals surface area contributed by atoms with E-state index in [4.69, 9.17) is 0 Å². The van der Waals surface area contributed by atoms with Crippen molar-refractivity contribution < 1.29 is 13.7 Å². The zero-order valence-electron chi connectivity index (χ0n) is 6.60. The summed E-state index contributed by atoms with van der Waals surface area (Å²) in [6, 6.07) is -0.0108. The van der Waals surface area contributed by atoms with Crippen LogP contribution in [0, 0.1) is 0 Å². The molecule has 0 aromatic rings. The lowest BCUT2D eigenvalue weighted by Gasteiger charge is -2.20. The quantitative estimate of drug-likeness (QED) is 0.517. The van der Waals surface area contributed by atoms with Crippen LogP contribution in [0.4, 0.5) is 4.79 Å². The van der Waals surface area contributed by atoms with Gasteiger partial charge in [0.05, 0.1) is 18.4 Å². The van der Waals surface area contributed by atoms with Gasteiger partial charge in [-0.05, 0) is 6.42 Å². The van der Waals surface area contributed by atoms with Crippen LogP contribution < -0.4 is 0 Å². The summed E-state index contributed by atoms with van der Waals surface area (Å²) in [4.78, 5) is 11.1. The first-order valence-electron chi connectivity index (χ1n) is 3.70. The van der Waals surface area contributed by atoms with E-state index >= 15 is 0 Å². The average Bonchev–Trinajstić information content (AvgIpc) is 2.63. The van der Waals surface area contributed by atoms with Crippen LogP contribution in [0.25, 0.3) is 0 Å². The Bertz CT molecular complexity index is 276. The molecule has 0 spiro atoms. The minimum atomic E-state index is -1.21. The highest BCUT2D eigenvalue weighted by Gasteiger charge is 2.44. The number of hydrogen-bond donors (Lipinski definition) is 0. The van der Waals surface area contributed by atoms with Gasteiger partial charge in [0.1, 0.15) is 11.0 Å². The molecule has 1 aliphatic heterocycles. The molecule has 5 heteroatoms. The molecule has 2 aliphatic rings. The van der Waals surface area contributed by atoms with E-state index in [0.29, 0.717) is 0 Å². The maximum Gasteiger partial charge on any atom is 0.422 e. The van der Waals surface area contributed by atoms with E-state index < -0.39 is 17.1 Å². The average molecular weight is 187 g/mol. The Balaban J connectivity index is 2.23. The second kappa shape index (κ2) is 2.58. The minimum Gasteiger partial charge on any atom is -0.452 e. The van der Waals surface area contributed by atoms with E-state index in [0.717, 1.165) is 6.42 Å². The van der Waals surface area contributed by atoms with Crippen molar-refractivity contribution in [1.29, 1.82) is 0 Å². The molecular formula is C7H9NO3S. The van der Waals surface area contributed by atoms with Crippen LogP contribution in [0.2, 0.25) is 0 Å². The van der Waals surface area contributed by atoms with Gasteiger partial charge in [0.2, 0.25) is 0 Å². The van der Waals surface area contributed by atoms with Crippen molar-refractivity contribution in [2.24, 2.45) is 0 Å². The van der Waals surface area contributed by atoms with E-state index in [1.165, 1.54) is 11.4 Å². The Labute approximate surface area is 72.8 Å². The molecule has 1 unspecified atom stereocenters. The molecule has 1 amide bonds. The molecule has 0 saturated carbocycles. The second-order valence-corrected chi connectivity index (χ2v) is 4.35. The number of fused-ring (bicyclic) bond motifs is 2. The maximum atomic E-state index is 11.5. The summed E-state index contributed by atoms with van der Waals surface area (Å²) in [6.45, 7) is 0. The molecule has 66 valence electrons. The maximum absolute atomic E-state index is 11.5. The zero-order valence-corrected chi connectivity index (χ0v) is 7.41. The number of nitrogens with zero attached hydrogens (tertiary/aromatic N) is 1.